The molecule has 0 unspecified atom stereocenters. The van der Waals surface area contributed by atoms with E-state index in [9.17, 15) is 4.79 Å². The molecule has 0 aliphatic carbocycles. The molecule has 0 atom stereocenters. The number of hydrogen-bond donors (Lipinski definition) is 0. The second-order valence-electron chi connectivity index (χ2n) is 1.88. The molecule has 1 aliphatic rings. The SMILES string of the molecule is O=C1CCC[N]1[AlH][Cl]. The molecular formula is C4H7AlClNO. The fourth-order valence-corrected chi connectivity index (χ4v) is 2.22. The minimum absolute atomic E-state index is 0.256. The Balaban J connectivity index is 2.42. The molecule has 0 aromatic heterocycles. The van der Waals surface area contributed by atoms with Gasteiger partial charge in [0.15, 0.2) is 5.91 Å². The Hall–Kier alpha value is 0.292. The van der Waals surface area contributed by atoms with Crippen molar-refractivity contribution in [3.63, 3.8) is 0 Å². The highest BCUT2D eigenvalue weighted by Crippen LogP contribution is 2.07. The number of carbonyl (C=O) groups is 1. The molecule has 44 valence electrons. The Bertz CT molecular complexity index is 108. The zero-order valence-electron chi connectivity index (χ0n) is 4.56. The van der Waals surface area contributed by atoms with Crippen LogP contribution in [0.15, 0.2) is 0 Å². The smallest absolute Gasteiger partial charge is 0.423 e. The highest BCUT2D eigenvalue weighted by Gasteiger charge is 2.19. The number of rotatable bonds is 1. The average molecular weight is 148 g/mol. The van der Waals surface area contributed by atoms with Crippen LogP contribution in [0, 0.1) is 0 Å². The van der Waals surface area contributed by atoms with E-state index in [1.807, 2.05) is 0 Å². The third-order valence-corrected chi connectivity index (χ3v) is 3.14. The fraction of sp³-hybridized carbons (Fsp3) is 0.750. The van der Waals surface area contributed by atoms with Crippen LogP contribution in [-0.2, 0) is 4.79 Å². The predicted octanol–water partition coefficient (Wildman–Crippen LogP) is 0.114. The molecule has 2 nitrogen and oxygen atoms in total. The summed E-state index contributed by atoms with van der Waals surface area (Å²) in [7, 11) is 5.55. The molecule has 4 heteroatoms. The van der Waals surface area contributed by atoms with E-state index >= 15 is 0 Å². The van der Waals surface area contributed by atoms with Crippen molar-refractivity contribution in [2.45, 2.75) is 12.8 Å². The maximum absolute atomic E-state index is 10.7. The monoisotopic (exact) mass is 147 g/mol. The summed E-state index contributed by atoms with van der Waals surface area (Å²) in [6, 6.07) is 0. The molecule has 1 aliphatic heterocycles. The molecule has 1 heterocycles. The molecule has 0 radical (unpaired) electrons. The van der Waals surface area contributed by atoms with Gasteiger partial charge < -0.3 is 3.88 Å². The Kier molecular flexibility index (Phi) is 2.19. The number of hydrogen-bond acceptors (Lipinski definition) is 1. The topological polar surface area (TPSA) is 20.3 Å². The van der Waals surface area contributed by atoms with Gasteiger partial charge in [0.25, 0.3) is 0 Å². The van der Waals surface area contributed by atoms with Crippen LogP contribution >= 0.6 is 10.0 Å². The third-order valence-electron chi connectivity index (χ3n) is 1.32. The van der Waals surface area contributed by atoms with Gasteiger partial charge in [-0.1, -0.05) is 0 Å². The zero-order valence-corrected chi connectivity index (χ0v) is 6.73. The molecule has 0 N–H and O–H groups in total. The van der Waals surface area contributed by atoms with E-state index in [1.165, 1.54) is 0 Å². The summed E-state index contributed by atoms with van der Waals surface area (Å²) in [5.74, 6) is 0.256. The summed E-state index contributed by atoms with van der Waals surface area (Å²) in [4.78, 5) is 10.7. The molecule has 1 rings (SSSR count). The molecule has 0 bridgehead atoms. The lowest BCUT2D eigenvalue weighted by molar-refractivity contribution is -0.123. The van der Waals surface area contributed by atoms with Crippen molar-refractivity contribution < 1.29 is 4.79 Å². The normalized spacial score (nSPS) is 19.6. The average Bonchev–Trinajstić information content (AvgIpc) is 2.14. The van der Waals surface area contributed by atoms with E-state index in [1.54, 1.807) is 3.88 Å². The lowest BCUT2D eigenvalue weighted by Gasteiger charge is -2.08. The van der Waals surface area contributed by atoms with Gasteiger partial charge in [0, 0.05) is 6.42 Å². The minimum Gasteiger partial charge on any atom is -0.423 e. The van der Waals surface area contributed by atoms with Gasteiger partial charge in [-0.3, -0.25) is 4.79 Å². The van der Waals surface area contributed by atoms with Crippen LogP contribution in [0.1, 0.15) is 12.8 Å². The van der Waals surface area contributed by atoms with E-state index in [-0.39, 0.29) is 5.91 Å². The van der Waals surface area contributed by atoms with Crippen LogP contribution in [0.4, 0.5) is 0 Å². The summed E-state index contributed by atoms with van der Waals surface area (Å²) < 4.78 is 1.79. The van der Waals surface area contributed by atoms with E-state index < -0.39 is 14.5 Å². The van der Waals surface area contributed by atoms with Crippen molar-refractivity contribution in [1.29, 1.82) is 0 Å². The first-order chi connectivity index (χ1) is 3.84. The van der Waals surface area contributed by atoms with E-state index in [0.717, 1.165) is 19.4 Å². The maximum atomic E-state index is 10.7. The number of carbonyl (C=O) groups excluding carboxylic acids is 1. The van der Waals surface area contributed by atoms with Gasteiger partial charge in [-0.15, -0.1) is 0 Å². The summed E-state index contributed by atoms with van der Waals surface area (Å²) in [5.41, 5.74) is 0. The number of halogens is 1. The molecule has 8 heavy (non-hydrogen) atoms. The van der Waals surface area contributed by atoms with Crippen LogP contribution in [-0.4, -0.2) is 30.9 Å². The molecule has 1 saturated heterocycles. The summed E-state index contributed by atoms with van der Waals surface area (Å²) in [6.45, 7) is 0.911. The van der Waals surface area contributed by atoms with E-state index in [2.05, 4.69) is 0 Å². The van der Waals surface area contributed by atoms with E-state index in [4.69, 9.17) is 10.0 Å². The second kappa shape index (κ2) is 2.73. The van der Waals surface area contributed by atoms with Crippen molar-refractivity contribution in [3.05, 3.63) is 0 Å². The highest BCUT2D eigenvalue weighted by atomic mass is 35.6. The first-order valence-electron chi connectivity index (χ1n) is 2.68. The Labute approximate surface area is 58.9 Å². The second-order valence-corrected chi connectivity index (χ2v) is 3.60. The maximum Gasteiger partial charge on any atom is 0.522 e. The van der Waals surface area contributed by atoms with Crippen molar-refractivity contribution in [2.24, 2.45) is 0 Å². The van der Waals surface area contributed by atoms with Gasteiger partial charge in [0.05, 0.1) is 0 Å². The lowest BCUT2D eigenvalue weighted by Crippen LogP contribution is -2.25. The number of amides is 1. The molecule has 1 fully saturated rings. The first kappa shape index (κ1) is 6.41. The Morgan fingerprint density at radius 1 is 1.75 bits per heavy atom. The van der Waals surface area contributed by atoms with Crippen LogP contribution in [0.5, 0.6) is 0 Å². The summed E-state index contributed by atoms with van der Waals surface area (Å²) >= 11 is -0.701. The van der Waals surface area contributed by atoms with Crippen LogP contribution in [0.2, 0.25) is 0 Å². The van der Waals surface area contributed by atoms with Gasteiger partial charge in [-0.05, 0) is 13.0 Å². The molecule has 0 spiro atoms. The number of nitrogens with zero attached hydrogens (tertiary/aromatic N) is 1. The predicted molar refractivity (Wildman–Crippen MR) is 33.9 cm³/mol. The third kappa shape index (κ3) is 1.17. The van der Waals surface area contributed by atoms with Crippen LogP contribution in [0.25, 0.3) is 0 Å². The van der Waals surface area contributed by atoms with Gasteiger partial charge in [0.2, 0.25) is 0 Å². The van der Waals surface area contributed by atoms with Crippen molar-refractivity contribution in [3.8, 4) is 0 Å². The Morgan fingerprint density at radius 3 is 2.75 bits per heavy atom. The first-order valence-corrected chi connectivity index (χ1v) is 5.45. The largest absolute Gasteiger partial charge is 0.522 e. The minimum atomic E-state index is -0.701. The highest BCUT2D eigenvalue weighted by molar-refractivity contribution is 6.93. The van der Waals surface area contributed by atoms with Gasteiger partial charge in [0.1, 0.15) is 0 Å². The van der Waals surface area contributed by atoms with Gasteiger partial charge in [-0.25, -0.2) is 10.0 Å². The summed E-state index contributed by atoms with van der Waals surface area (Å²) in [6.07, 6.45) is 1.73. The Morgan fingerprint density at radius 2 is 2.50 bits per heavy atom. The van der Waals surface area contributed by atoms with Crippen LogP contribution in [0.3, 0.4) is 0 Å². The quantitative estimate of drug-likeness (QED) is 0.483. The standard InChI is InChI=1S/C4H7NO.Al.ClH.H/c6-4-2-1-3-5-4;;;/h1-3H2,(H,5,6);;1H;/q;+2;;/p-2. The zero-order chi connectivity index (χ0) is 5.98. The molecule has 1 amide bonds. The van der Waals surface area contributed by atoms with E-state index in [0.29, 0.717) is 0 Å². The van der Waals surface area contributed by atoms with Crippen molar-refractivity contribution in [2.75, 3.05) is 6.54 Å². The lowest BCUT2D eigenvalue weighted by atomic mass is 10.4. The van der Waals surface area contributed by atoms with Gasteiger partial charge in [-0.2, -0.15) is 0 Å². The molecule has 0 aromatic carbocycles. The van der Waals surface area contributed by atoms with Crippen molar-refractivity contribution >= 4 is 30.5 Å². The summed E-state index contributed by atoms with van der Waals surface area (Å²) in [5, 5.41) is 0. The fourth-order valence-electron chi connectivity index (χ4n) is 0.830. The van der Waals surface area contributed by atoms with Gasteiger partial charge >= 0.3 is 14.5 Å². The molecular weight excluding hydrogens is 140 g/mol. The molecule has 0 aromatic rings. The van der Waals surface area contributed by atoms with Crippen LogP contribution < -0.4 is 0 Å². The van der Waals surface area contributed by atoms with Crippen molar-refractivity contribution in [1.82, 2.24) is 3.88 Å². The molecule has 0 saturated carbocycles.